The molecule has 40 heavy (non-hydrogen) atoms. The Kier molecular flexibility index (Phi) is 7.78. The summed E-state index contributed by atoms with van der Waals surface area (Å²) in [4.78, 5) is 32.7. The van der Waals surface area contributed by atoms with E-state index in [1.807, 2.05) is 48.7 Å². The van der Waals surface area contributed by atoms with Gasteiger partial charge in [-0.3, -0.25) is 9.59 Å². The number of nitrogens with one attached hydrogen (secondary N) is 2. The summed E-state index contributed by atoms with van der Waals surface area (Å²) in [6.45, 7) is 3.34. The average molecular weight is 550 g/mol. The molecule has 1 aliphatic carbocycles. The van der Waals surface area contributed by atoms with Crippen LogP contribution in [-0.4, -0.2) is 39.5 Å². The molecule has 2 atom stereocenters. The second kappa shape index (κ2) is 11.8. The highest BCUT2D eigenvalue weighted by atomic mass is 32.2. The van der Waals surface area contributed by atoms with Crippen molar-refractivity contribution in [2.75, 3.05) is 6.54 Å². The van der Waals surface area contributed by atoms with Crippen molar-refractivity contribution < 1.29 is 9.59 Å². The molecule has 2 unspecified atom stereocenters. The number of thioether (sulfide) groups is 1. The molecule has 2 fully saturated rings. The topological polar surface area (TPSA) is 65.2 Å². The van der Waals surface area contributed by atoms with E-state index in [0.717, 1.165) is 35.2 Å². The standard InChI is InChI=1S/C34H35N3O2S/c1-23-8-2-3-9-27(23)22-37-30-12-6-7-13-31(30)40-32(34(37)39)20-24-14-16-25(17-15-24)33(38)35-19-18-26-21-36-29-11-5-4-10-28(26)29/h2-5,8-11,14-17,20-21,30-31,36H,6-7,12-13,18-19,22H2,1H3,(H,35,38)/b32-20+. The van der Waals surface area contributed by atoms with Crippen LogP contribution in [-0.2, 0) is 17.8 Å². The molecule has 204 valence electrons. The van der Waals surface area contributed by atoms with Crippen LogP contribution >= 0.6 is 11.8 Å². The first kappa shape index (κ1) is 26.5. The van der Waals surface area contributed by atoms with Crippen molar-refractivity contribution in [2.45, 2.75) is 56.9 Å². The van der Waals surface area contributed by atoms with Crippen molar-refractivity contribution in [1.82, 2.24) is 15.2 Å². The number of nitrogens with zero attached hydrogens (tertiary/aromatic N) is 1. The molecule has 6 rings (SSSR count). The van der Waals surface area contributed by atoms with Gasteiger partial charge in [-0.15, -0.1) is 11.8 Å². The third kappa shape index (κ3) is 5.59. The molecule has 2 N–H and O–H groups in total. The molecule has 3 aromatic carbocycles. The molecule has 0 radical (unpaired) electrons. The van der Waals surface area contributed by atoms with Crippen LogP contribution in [0.5, 0.6) is 0 Å². The quantitative estimate of drug-likeness (QED) is 0.247. The van der Waals surface area contributed by atoms with Gasteiger partial charge in [-0.05, 0) is 72.7 Å². The van der Waals surface area contributed by atoms with Gasteiger partial charge in [-0.25, -0.2) is 0 Å². The Morgan fingerprint density at radius 2 is 1.77 bits per heavy atom. The lowest BCUT2D eigenvalue weighted by Gasteiger charge is -2.44. The summed E-state index contributed by atoms with van der Waals surface area (Å²) in [5.74, 6) is 0.0344. The van der Waals surface area contributed by atoms with Gasteiger partial charge in [0.25, 0.3) is 11.8 Å². The van der Waals surface area contributed by atoms with Crippen LogP contribution < -0.4 is 5.32 Å². The molecule has 2 aliphatic rings. The number of hydrogen-bond donors (Lipinski definition) is 2. The second-order valence-electron chi connectivity index (χ2n) is 10.9. The molecule has 2 heterocycles. The molecule has 5 nitrogen and oxygen atoms in total. The average Bonchev–Trinajstić information content (AvgIpc) is 3.39. The minimum absolute atomic E-state index is 0.0865. The van der Waals surface area contributed by atoms with Crippen molar-refractivity contribution in [3.05, 3.63) is 112 Å². The maximum absolute atomic E-state index is 13.7. The fraction of sp³-hybridized carbons (Fsp3) is 0.294. The highest BCUT2D eigenvalue weighted by molar-refractivity contribution is 8.04. The number of hydrogen-bond acceptors (Lipinski definition) is 3. The first-order chi connectivity index (χ1) is 19.6. The zero-order chi connectivity index (χ0) is 27.5. The largest absolute Gasteiger partial charge is 0.361 e. The van der Waals surface area contributed by atoms with Gasteiger partial charge in [-0.2, -0.15) is 0 Å². The number of carbonyl (C=O) groups is 2. The van der Waals surface area contributed by atoms with E-state index in [4.69, 9.17) is 0 Å². The molecule has 1 saturated carbocycles. The number of H-pyrrole nitrogens is 1. The Labute approximate surface area is 240 Å². The van der Waals surface area contributed by atoms with Gasteiger partial charge in [0.05, 0.1) is 4.91 Å². The summed E-state index contributed by atoms with van der Waals surface area (Å²) in [6.07, 6.45) is 9.40. The Balaban J connectivity index is 1.13. The van der Waals surface area contributed by atoms with Crippen LogP contribution in [0.1, 0.15) is 58.3 Å². The predicted octanol–water partition coefficient (Wildman–Crippen LogP) is 6.88. The zero-order valence-electron chi connectivity index (χ0n) is 22.9. The van der Waals surface area contributed by atoms with Gasteiger partial charge < -0.3 is 15.2 Å². The van der Waals surface area contributed by atoms with E-state index in [-0.39, 0.29) is 11.8 Å². The summed E-state index contributed by atoms with van der Waals surface area (Å²) in [5, 5.41) is 4.67. The number of amides is 2. The number of aryl methyl sites for hydroxylation is 1. The van der Waals surface area contributed by atoms with Crippen LogP contribution in [0.25, 0.3) is 17.0 Å². The van der Waals surface area contributed by atoms with E-state index in [0.29, 0.717) is 29.9 Å². The lowest BCUT2D eigenvalue weighted by Crippen LogP contribution is -2.50. The molecule has 4 aromatic rings. The molecule has 1 aliphatic heterocycles. The number of carbonyl (C=O) groups excluding carboxylic acids is 2. The SMILES string of the molecule is Cc1ccccc1CN1C(=O)/C(=C\c2ccc(C(=O)NCCc3c[nH]c4ccccc34)cc2)SC2CCCCC21. The Morgan fingerprint density at radius 3 is 2.62 bits per heavy atom. The maximum atomic E-state index is 13.7. The molecular weight excluding hydrogens is 514 g/mol. The van der Waals surface area contributed by atoms with E-state index in [1.54, 1.807) is 11.8 Å². The molecule has 1 aromatic heterocycles. The summed E-state index contributed by atoms with van der Waals surface area (Å²) in [6, 6.07) is 24.4. The van der Waals surface area contributed by atoms with Crippen molar-refractivity contribution in [3.63, 3.8) is 0 Å². The molecule has 6 heteroatoms. The van der Waals surface area contributed by atoms with Gasteiger partial charge >= 0.3 is 0 Å². The van der Waals surface area contributed by atoms with Gasteiger partial charge in [-0.1, -0.05) is 67.4 Å². The number of para-hydroxylation sites is 1. The number of benzene rings is 3. The van der Waals surface area contributed by atoms with Crippen LogP contribution in [0.15, 0.2) is 83.9 Å². The van der Waals surface area contributed by atoms with Crippen LogP contribution in [0.2, 0.25) is 0 Å². The highest BCUT2D eigenvalue weighted by Gasteiger charge is 2.40. The fourth-order valence-corrected chi connectivity index (χ4v) is 7.44. The van der Waals surface area contributed by atoms with E-state index < -0.39 is 0 Å². The molecule has 2 amide bonds. The van der Waals surface area contributed by atoms with E-state index in [9.17, 15) is 9.59 Å². The van der Waals surface area contributed by atoms with Gasteiger partial charge in [0.1, 0.15) is 0 Å². The van der Waals surface area contributed by atoms with Crippen LogP contribution in [0.3, 0.4) is 0 Å². The molecule has 1 saturated heterocycles. The monoisotopic (exact) mass is 549 g/mol. The Morgan fingerprint density at radius 1 is 1.00 bits per heavy atom. The van der Waals surface area contributed by atoms with Gasteiger partial charge in [0.2, 0.25) is 0 Å². The minimum atomic E-state index is -0.0865. The third-order valence-electron chi connectivity index (χ3n) is 8.25. The lowest BCUT2D eigenvalue weighted by molar-refractivity contribution is -0.130. The van der Waals surface area contributed by atoms with Crippen LogP contribution in [0, 0.1) is 6.92 Å². The maximum Gasteiger partial charge on any atom is 0.260 e. The highest BCUT2D eigenvalue weighted by Crippen LogP contribution is 2.42. The van der Waals surface area contributed by atoms with Crippen molar-refractivity contribution in [3.8, 4) is 0 Å². The van der Waals surface area contributed by atoms with Crippen LogP contribution in [0.4, 0.5) is 0 Å². The van der Waals surface area contributed by atoms with E-state index in [1.165, 1.54) is 34.9 Å². The summed E-state index contributed by atoms with van der Waals surface area (Å²) in [7, 11) is 0. The number of fused-ring (bicyclic) bond motifs is 2. The number of aromatic nitrogens is 1. The van der Waals surface area contributed by atoms with Gasteiger partial charge in [0.15, 0.2) is 0 Å². The van der Waals surface area contributed by atoms with Crippen molar-refractivity contribution in [2.24, 2.45) is 0 Å². The number of aromatic amines is 1. The van der Waals surface area contributed by atoms with Gasteiger partial charge in [0, 0.05) is 47.0 Å². The summed E-state index contributed by atoms with van der Waals surface area (Å²) >= 11 is 1.75. The molecule has 0 bridgehead atoms. The second-order valence-corrected chi connectivity index (χ2v) is 12.1. The Hall–Kier alpha value is -3.77. The zero-order valence-corrected chi connectivity index (χ0v) is 23.7. The number of rotatable bonds is 7. The Bertz CT molecular complexity index is 1550. The summed E-state index contributed by atoms with van der Waals surface area (Å²) < 4.78 is 0. The molecular formula is C34H35N3O2S. The summed E-state index contributed by atoms with van der Waals surface area (Å²) in [5.41, 5.74) is 6.31. The smallest absolute Gasteiger partial charge is 0.260 e. The minimum Gasteiger partial charge on any atom is -0.361 e. The van der Waals surface area contributed by atoms with E-state index >= 15 is 0 Å². The first-order valence-electron chi connectivity index (χ1n) is 14.2. The third-order valence-corrected chi connectivity index (χ3v) is 9.64. The van der Waals surface area contributed by atoms with E-state index in [2.05, 4.69) is 58.5 Å². The van der Waals surface area contributed by atoms with Crippen molar-refractivity contribution >= 4 is 40.6 Å². The predicted molar refractivity (Wildman–Crippen MR) is 164 cm³/mol. The molecule has 0 spiro atoms. The lowest BCUT2D eigenvalue weighted by atomic mass is 9.92. The fourth-order valence-electron chi connectivity index (χ4n) is 5.97. The first-order valence-corrected chi connectivity index (χ1v) is 15.1. The normalized spacial score (nSPS) is 20.1. The van der Waals surface area contributed by atoms with Crippen molar-refractivity contribution in [1.29, 1.82) is 0 Å².